The summed E-state index contributed by atoms with van der Waals surface area (Å²) in [6.45, 7) is 2.16. The zero-order chi connectivity index (χ0) is 7.14. The molecule has 0 saturated heterocycles. The van der Waals surface area contributed by atoms with Gasteiger partial charge in [0.25, 0.3) is 0 Å². The van der Waals surface area contributed by atoms with E-state index < -0.39 is 0 Å². The Morgan fingerprint density at radius 1 is 1.50 bits per heavy atom. The van der Waals surface area contributed by atoms with Crippen molar-refractivity contribution >= 4 is 22.6 Å². The molecule has 0 spiro atoms. The Morgan fingerprint density at radius 2 is 2.30 bits per heavy atom. The van der Waals surface area contributed by atoms with Crippen LogP contribution in [0.5, 0.6) is 0 Å². The quantitative estimate of drug-likeness (QED) is 0.624. The van der Waals surface area contributed by atoms with Crippen molar-refractivity contribution in [3.8, 4) is 0 Å². The Morgan fingerprint density at radius 3 is 2.60 bits per heavy atom. The van der Waals surface area contributed by atoms with Crippen molar-refractivity contribution < 1.29 is 0 Å². The van der Waals surface area contributed by atoms with Crippen molar-refractivity contribution in [1.29, 1.82) is 0 Å². The molecule has 0 aromatic rings. The molecule has 10 heavy (non-hydrogen) atoms. The van der Waals surface area contributed by atoms with Gasteiger partial charge in [0, 0.05) is 0 Å². The smallest absolute Gasteiger partial charge is 0.00734 e. The lowest BCUT2D eigenvalue weighted by Gasteiger charge is -2.53. The first-order chi connectivity index (χ1) is 4.83. The van der Waals surface area contributed by atoms with Gasteiger partial charge in [-0.15, -0.1) is 0 Å². The van der Waals surface area contributed by atoms with Crippen molar-refractivity contribution in [3.63, 3.8) is 0 Å². The summed E-state index contributed by atoms with van der Waals surface area (Å²) < 4.78 is 1.61. The highest BCUT2D eigenvalue weighted by Gasteiger charge is 2.47. The van der Waals surface area contributed by atoms with Crippen LogP contribution in [0.15, 0.2) is 9.66 Å². The third-order valence-electron chi connectivity index (χ3n) is 3.18. The third kappa shape index (κ3) is 0.858. The molecule has 56 valence electrons. The van der Waals surface area contributed by atoms with Crippen LogP contribution >= 0.6 is 22.6 Å². The normalized spacial score (nSPS) is 45.4. The molecule has 2 aliphatic carbocycles. The number of allylic oxidation sites excluding steroid dienone is 2. The van der Waals surface area contributed by atoms with Crippen molar-refractivity contribution in [2.45, 2.75) is 26.2 Å². The maximum Gasteiger partial charge on any atom is -0.00734 e. The maximum atomic E-state index is 2.50. The minimum atomic E-state index is 0.976. The standard InChI is InChI=1S/C9H13I/c1-2-9(10)8-5-6-3-4-7(6)8/h2,6-8H,3-5H2,1H3/b9-2+. The molecule has 0 aromatic carbocycles. The molecule has 2 rings (SSSR count). The summed E-state index contributed by atoms with van der Waals surface area (Å²) in [4.78, 5) is 0. The first-order valence-electron chi connectivity index (χ1n) is 4.14. The molecule has 1 heteroatoms. The first-order valence-corrected chi connectivity index (χ1v) is 5.22. The molecule has 0 nitrogen and oxygen atoms in total. The van der Waals surface area contributed by atoms with Crippen LogP contribution in [0, 0.1) is 17.8 Å². The van der Waals surface area contributed by atoms with Crippen molar-refractivity contribution in [1.82, 2.24) is 0 Å². The van der Waals surface area contributed by atoms with Gasteiger partial charge in [-0.05, 0) is 70.1 Å². The summed E-state index contributed by atoms with van der Waals surface area (Å²) >= 11 is 2.50. The average Bonchev–Trinajstić information content (AvgIpc) is 1.93. The van der Waals surface area contributed by atoms with E-state index in [9.17, 15) is 0 Å². The minimum absolute atomic E-state index is 0.976. The van der Waals surface area contributed by atoms with Gasteiger partial charge >= 0.3 is 0 Å². The molecule has 0 bridgehead atoms. The van der Waals surface area contributed by atoms with Gasteiger partial charge in [-0.2, -0.15) is 0 Å². The van der Waals surface area contributed by atoms with Crippen molar-refractivity contribution in [3.05, 3.63) is 9.66 Å². The van der Waals surface area contributed by atoms with Gasteiger partial charge in [-0.3, -0.25) is 0 Å². The highest BCUT2D eigenvalue weighted by Crippen LogP contribution is 2.57. The lowest BCUT2D eigenvalue weighted by Crippen LogP contribution is -2.44. The Bertz CT molecular complexity index is 172. The average molecular weight is 248 g/mol. The summed E-state index contributed by atoms with van der Waals surface area (Å²) in [5, 5.41) is 0. The van der Waals surface area contributed by atoms with Gasteiger partial charge < -0.3 is 0 Å². The molecule has 0 N–H and O–H groups in total. The number of hydrogen-bond acceptors (Lipinski definition) is 0. The molecule has 2 saturated carbocycles. The van der Waals surface area contributed by atoms with Crippen LogP contribution in [0.3, 0.4) is 0 Å². The fraction of sp³-hybridized carbons (Fsp3) is 0.778. The topological polar surface area (TPSA) is 0 Å². The zero-order valence-corrected chi connectivity index (χ0v) is 8.47. The molecule has 0 aromatic heterocycles. The summed E-state index contributed by atoms with van der Waals surface area (Å²) in [5.41, 5.74) is 0. The van der Waals surface area contributed by atoms with Crippen molar-refractivity contribution in [2.75, 3.05) is 0 Å². The lowest BCUT2D eigenvalue weighted by atomic mass is 9.53. The van der Waals surface area contributed by atoms with Gasteiger partial charge in [-0.25, -0.2) is 0 Å². The number of halogens is 1. The van der Waals surface area contributed by atoms with E-state index in [1.165, 1.54) is 19.3 Å². The maximum absolute atomic E-state index is 2.50. The number of fused-ring (bicyclic) bond motifs is 1. The Hall–Kier alpha value is 0.470. The van der Waals surface area contributed by atoms with E-state index in [4.69, 9.17) is 0 Å². The predicted octanol–water partition coefficient (Wildman–Crippen LogP) is 3.37. The second-order valence-electron chi connectivity index (χ2n) is 3.52. The number of rotatable bonds is 1. The molecular formula is C9H13I. The molecule has 0 aliphatic heterocycles. The second-order valence-corrected chi connectivity index (χ2v) is 4.76. The van der Waals surface area contributed by atoms with E-state index >= 15 is 0 Å². The number of hydrogen-bond donors (Lipinski definition) is 0. The van der Waals surface area contributed by atoms with E-state index in [0.717, 1.165) is 17.8 Å². The van der Waals surface area contributed by atoms with E-state index in [1.807, 2.05) is 0 Å². The summed E-state index contributed by atoms with van der Waals surface area (Å²) in [7, 11) is 0. The van der Waals surface area contributed by atoms with E-state index in [0.29, 0.717) is 0 Å². The molecule has 2 fully saturated rings. The highest BCUT2D eigenvalue weighted by atomic mass is 127. The van der Waals surface area contributed by atoms with E-state index in [1.54, 1.807) is 3.58 Å². The molecule has 3 atom stereocenters. The predicted molar refractivity (Wildman–Crippen MR) is 52.1 cm³/mol. The van der Waals surface area contributed by atoms with Gasteiger partial charge in [0.1, 0.15) is 0 Å². The minimum Gasteiger partial charge on any atom is -0.0781 e. The summed E-state index contributed by atoms with van der Waals surface area (Å²) in [6, 6.07) is 0. The van der Waals surface area contributed by atoms with Crippen LogP contribution in [0.25, 0.3) is 0 Å². The van der Waals surface area contributed by atoms with Gasteiger partial charge in [0.15, 0.2) is 0 Å². The van der Waals surface area contributed by atoms with Crippen LogP contribution < -0.4 is 0 Å². The van der Waals surface area contributed by atoms with Crippen molar-refractivity contribution in [2.24, 2.45) is 17.8 Å². The second kappa shape index (κ2) is 2.50. The zero-order valence-electron chi connectivity index (χ0n) is 6.31. The molecule has 0 heterocycles. The van der Waals surface area contributed by atoms with Gasteiger partial charge in [-0.1, -0.05) is 6.08 Å². The van der Waals surface area contributed by atoms with Crippen LogP contribution in [0.1, 0.15) is 26.2 Å². The summed E-state index contributed by atoms with van der Waals surface area (Å²) in [5.74, 6) is 3.21. The Labute approximate surface area is 76.2 Å². The lowest BCUT2D eigenvalue weighted by molar-refractivity contribution is 0.00183. The van der Waals surface area contributed by atoms with Gasteiger partial charge in [0.05, 0.1) is 0 Å². The van der Waals surface area contributed by atoms with E-state index in [2.05, 4.69) is 35.6 Å². The molecular weight excluding hydrogens is 235 g/mol. The monoisotopic (exact) mass is 248 g/mol. The van der Waals surface area contributed by atoms with Crippen LogP contribution in [-0.4, -0.2) is 0 Å². The molecule has 2 aliphatic rings. The largest absolute Gasteiger partial charge is 0.0781 e. The van der Waals surface area contributed by atoms with Crippen LogP contribution in [0.2, 0.25) is 0 Å². The van der Waals surface area contributed by atoms with Gasteiger partial charge in [0.2, 0.25) is 0 Å². The first kappa shape index (κ1) is 7.14. The summed E-state index contributed by atoms with van der Waals surface area (Å²) in [6.07, 6.45) is 6.80. The van der Waals surface area contributed by atoms with Crippen LogP contribution in [0.4, 0.5) is 0 Å². The Balaban J connectivity index is 1.97. The Kier molecular flexibility index (Phi) is 1.79. The molecule has 3 unspecified atom stereocenters. The highest BCUT2D eigenvalue weighted by molar-refractivity contribution is 14.1. The fourth-order valence-electron chi connectivity index (χ4n) is 2.25. The van der Waals surface area contributed by atoms with Crippen LogP contribution in [-0.2, 0) is 0 Å². The van der Waals surface area contributed by atoms with E-state index in [-0.39, 0.29) is 0 Å². The third-order valence-corrected chi connectivity index (χ3v) is 4.60. The SMILES string of the molecule is C/C=C(/I)C1CC2CCC21. The molecule has 0 radical (unpaired) electrons. The molecule has 0 amide bonds. The fourth-order valence-corrected chi connectivity index (χ4v) is 2.97.